The van der Waals surface area contributed by atoms with Crippen molar-refractivity contribution in [3.8, 4) is 0 Å². The van der Waals surface area contributed by atoms with Crippen molar-refractivity contribution in [1.82, 2.24) is 15.0 Å². The Morgan fingerprint density at radius 3 is 2.83 bits per heavy atom. The number of nitrogens with zero attached hydrogens (tertiary/aromatic N) is 3. The van der Waals surface area contributed by atoms with Gasteiger partial charge in [0.05, 0.1) is 19.9 Å². The number of methoxy groups -OCH3 is 1. The lowest BCUT2D eigenvalue weighted by Crippen LogP contribution is -2.33. The van der Waals surface area contributed by atoms with Crippen LogP contribution in [0.3, 0.4) is 0 Å². The summed E-state index contributed by atoms with van der Waals surface area (Å²) in [6.45, 7) is -0.445. The van der Waals surface area contributed by atoms with Gasteiger partial charge < -0.3 is 24.8 Å². The van der Waals surface area contributed by atoms with Crippen molar-refractivity contribution in [3.63, 3.8) is 0 Å². The maximum atomic E-state index is 11.2. The predicted molar refractivity (Wildman–Crippen MR) is 54.4 cm³/mol. The number of aliphatic hydroxyl groups is 3. The third-order valence-corrected chi connectivity index (χ3v) is 2.65. The molecule has 1 aromatic heterocycles. The van der Waals surface area contributed by atoms with Crippen LogP contribution in [-0.2, 0) is 9.47 Å². The average molecular weight is 259 g/mol. The van der Waals surface area contributed by atoms with Gasteiger partial charge in [0.25, 0.3) is 0 Å². The van der Waals surface area contributed by atoms with Crippen LogP contribution in [-0.4, -0.2) is 68.3 Å². The number of aliphatic hydroxyl groups excluding tert-OH is 3. The second-order valence-corrected chi connectivity index (χ2v) is 3.77. The van der Waals surface area contributed by atoms with Gasteiger partial charge in [-0.1, -0.05) is 0 Å². The largest absolute Gasteiger partial charge is 0.464 e. The van der Waals surface area contributed by atoms with Gasteiger partial charge in [0.1, 0.15) is 18.3 Å². The molecule has 0 aliphatic carbocycles. The van der Waals surface area contributed by atoms with Gasteiger partial charge in [-0.15, -0.1) is 5.10 Å². The number of rotatable bonds is 3. The third kappa shape index (κ3) is 2.08. The highest BCUT2D eigenvalue weighted by Gasteiger charge is 2.44. The number of carbonyl (C=O) groups is 1. The molecule has 2 heterocycles. The quantitative estimate of drug-likeness (QED) is 0.516. The van der Waals surface area contributed by atoms with Crippen LogP contribution in [0.15, 0.2) is 6.20 Å². The minimum Gasteiger partial charge on any atom is -0.464 e. The van der Waals surface area contributed by atoms with E-state index in [0.29, 0.717) is 0 Å². The van der Waals surface area contributed by atoms with E-state index >= 15 is 0 Å². The fraction of sp³-hybridized carbons (Fsp3) is 0.667. The second kappa shape index (κ2) is 4.98. The van der Waals surface area contributed by atoms with Crippen LogP contribution in [0, 0.1) is 0 Å². The Hall–Kier alpha value is -1.55. The number of hydrogen-bond acceptors (Lipinski definition) is 8. The van der Waals surface area contributed by atoms with Crippen LogP contribution < -0.4 is 0 Å². The second-order valence-electron chi connectivity index (χ2n) is 3.77. The monoisotopic (exact) mass is 259 g/mol. The van der Waals surface area contributed by atoms with Crippen LogP contribution >= 0.6 is 0 Å². The molecule has 0 amide bonds. The Labute approximate surface area is 102 Å². The highest BCUT2D eigenvalue weighted by Crippen LogP contribution is 2.27. The number of hydrogen-bond donors (Lipinski definition) is 3. The maximum absolute atomic E-state index is 11.2. The van der Waals surface area contributed by atoms with Crippen molar-refractivity contribution < 1.29 is 29.6 Å². The fourth-order valence-electron chi connectivity index (χ4n) is 1.67. The smallest absolute Gasteiger partial charge is 0.360 e. The van der Waals surface area contributed by atoms with E-state index in [-0.39, 0.29) is 5.69 Å². The molecule has 1 aliphatic heterocycles. The van der Waals surface area contributed by atoms with E-state index in [2.05, 4.69) is 14.9 Å². The highest BCUT2D eigenvalue weighted by molar-refractivity contribution is 5.86. The van der Waals surface area contributed by atoms with Gasteiger partial charge in [-0.05, 0) is 0 Å². The fourth-order valence-corrected chi connectivity index (χ4v) is 1.67. The average Bonchev–Trinajstić information content (AvgIpc) is 2.96. The van der Waals surface area contributed by atoms with E-state index in [4.69, 9.17) is 9.84 Å². The van der Waals surface area contributed by atoms with E-state index in [1.165, 1.54) is 7.11 Å². The Bertz CT molecular complexity index is 436. The SMILES string of the molecule is COC(=O)c1cnn([C@@H]2O[C@H](CO)[C@@H](O)[C@H]2O)n1. The number of aromatic nitrogens is 3. The minimum atomic E-state index is -1.29. The summed E-state index contributed by atoms with van der Waals surface area (Å²) in [5, 5.41) is 35.7. The first-order chi connectivity index (χ1) is 8.58. The first-order valence-electron chi connectivity index (χ1n) is 5.21. The zero-order valence-electron chi connectivity index (χ0n) is 9.50. The molecule has 100 valence electrons. The molecule has 9 heteroatoms. The molecule has 0 spiro atoms. The summed E-state index contributed by atoms with van der Waals surface area (Å²) in [4.78, 5) is 12.1. The molecule has 18 heavy (non-hydrogen) atoms. The Kier molecular flexibility index (Phi) is 3.57. The number of ether oxygens (including phenoxy) is 2. The summed E-state index contributed by atoms with van der Waals surface area (Å²) in [5.41, 5.74) is -0.0461. The lowest BCUT2D eigenvalue weighted by molar-refractivity contribution is -0.0656. The molecule has 0 saturated carbocycles. The molecule has 1 saturated heterocycles. The molecule has 1 aliphatic rings. The van der Waals surface area contributed by atoms with E-state index in [0.717, 1.165) is 11.0 Å². The van der Waals surface area contributed by atoms with Crippen molar-refractivity contribution >= 4 is 5.97 Å². The summed E-state index contributed by atoms with van der Waals surface area (Å²) in [5.74, 6) is -0.673. The molecule has 1 fully saturated rings. The van der Waals surface area contributed by atoms with Gasteiger partial charge >= 0.3 is 5.97 Å². The van der Waals surface area contributed by atoms with Crippen molar-refractivity contribution in [2.45, 2.75) is 24.5 Å². The summed E-state index contributed by atoms with van der Waals surface area (Å²) in [6.07, 6.45) is -3.36. The number of carbonyl (C=O) groups excluding carboxylic acids is 1. The van der Waals surface area contributed by atoms with Crippen molar-refractivity contribution in [3.05, 3.63) is 11.9 Å². The lowest BCUT2D eigenvalue weighted by Gasteiger charge is -2.12. The van der Waals surface area contributed by atoms with Crippen molar-refractivity contribution in [2.24, 2.45) is 0 Å². The Balaban J connectivity index is 2.17. The Morgan fingerprint density at radius 1 is 1.56 bits per heavy atom. The molecular weight excluding hydrogens is 246 g/mol. The van der Waals surface area contributed by atoms with E-state index < -0.39 is 37.1 Å². The zero-order chi connectivity index (χ0) is 13.3. The van der Waals surface area contributed by atoms with Crippen molar-refractivity contribution in [1.29, 1.82) is 0 Å². The summed E-state index contributed by atoms with van der Waals surface area (Å²) in [6, 6.07) is 0. The highest BCUT2D eigenvalue weighted by atomic mass is 16.6. The molecule has 9 nitrogen and oxygen atoms in total. The predicted octanol–water partition coefficient (Wildman–Crippen LogP) is -2.32. The molecule has 3 N–H and O–H groups in total. The topological polar surface area (TPSA) is 127 Å². The van der Waals surface area contributed by atoms with Gasteiger partial charge in [-0.2, -0.15) is 9.90 Å². The third-order valence-electron chi connectivity index (χ3n) is 2.65. The van der Waals surface area contributed by atoms with Crippen LogP contribution in [0.2, 0.25) is 0 Å². The van der Waals surface area contributed by atoms with Gasteiger partial charge in [0.2, 0.25) is 0 Å². The molecule has 0 radical (unpaired) electrons. The van der Waals surface area contributed by atoms with E-state index in [1.807, 2.05) is 0 Å². The molecule has 0 bridgehead atoms. The first-order valence-corrected chi connectivity index (χ1v) is 5.21. The first kappa shape index (κ1) is 12.9. The van der Waals surface area contributed by atoms with Crippen LogP contribution in [0.1, 0.15) is 16.7 Å². The normalized spacial score (nSPS) is 31.6. The van der Waals surface area contributed by atoms with Gasteiger partial charge in [0, 0.05) is 0 Å². The zero-order valence-corrected chi connectivity index (χ0v) is 9.50. The van der Waals surface area contributed by atoms with Crippen molar-refractivity contribution in [2.75, 3.05) is 13.7 Å². The van der Waals surface area contributed by atoms with Gasteiger partial charge in [0.15, 0.2) is 11.9 Å². The minimum absolute atomic E-state index is 0.0461. The van der Waals surface area contributed by atoms with E-state index in [1.54, 1.807) is 0 Å². The van der Waals surface area contributed by atoms with Crippen LogP contribution in [0.5, 0.6) is 0 Å². The van der Waals surface area contributed by atoms with Crippen LogP contribution in [0.4, 0.5) is 0 Å². The molecular formula is C9H13N3O6. The van der Waals surface area contributed by atoms with E-state index in [9.17, 15) is 15.0 Å². The molecule has 0 unspecified atom stereocenters. The summed E-state index contributed by atoms with van der Waals surface area (Å²) in [7, 11) is 1.20. The summed E-state index contributed by atoms with van der Waals surface area (Å²) >= 11 is 0. The number of esters is 1. The lowest BCUT2D eigenvalue weighted by atomic mass is 10.1. The molecule has 1 aromatic rings. The van der Waals surface area contributed by atoms with Crippen LogP contribution in [0.25, 0.3) is 0 Å². The Morgan fingerprint density at radius 2 is 2.28 bits per heavy atom. The standard InChI is InChI=1S/C9H13N3O6/c1-17-9(16)4-2-10-12(11-4)8-7(15)6(14)5(3-13)18-8/h2,5-8,13-15H,3H2,1H3/t5-,6-,7-,8-/m1/s1. The molecule has 2 rings (SSSR count). The van der Waals surface area contributed by atoms with Gasteiger partial charge in [-0.3, -0.25) is 0 Å². The molecule has 0 aromatic carbocycles. The maximum Gasteiger partial charge on any atom is 0.360 e. The molecule has 4 atom stereocenters. The van der Waals surface area contributed by atoms with Gasteiger partial charge in [-0.25, -0.2) is 4.79 Å². The summed E-state index contributed by atoms with van der Waals surface area (Å²) < 4.78 is 9.64.